The Hall–Kier alpha value is -2.71. The van der Waals surface area contributed by atoms with Crippen molar-refractivity contribution in [3.63, 3.8) is 0 Å². The molecule has 0 bridgehead atoms. The predicted octanol–water partition coefficient (Wildman–Crippen LogP) is 2.80. The molecule has 1 heterocycles. The number of halogens is 1. The molecule has 3 rings (SSSR count). The molecular formula is C18H15FN2O2. The zero-order valence-electron chi connectivity index (χ0n) is 12.8. The van der Waals surface area contributed by atoms with E-state index in [4.69, 9.17) is 4.74 Å². The molecule has 23 heavy (non-hydrogen) atoms. The molecule has 1 aromatic carbocycles. The predicted molar refractivity (Wildman–Crippen MR) is 83.3 cm³/mol. The summed E-state index contributed by atoms with van der Waals surface area (Å²) in [5.74, 6) is -0.406. The standard InChI is InChI=1S/C18H15FN2O2/c1-21-10-12-7-16(22)17(23-2)8-14(12)18(15(21)9-20)11-4-3-5-13(19)6-11/h3-6,8,10,17H,7H2,1-2H3. The number of ketones is 1. The van der Waals surface area contributed by atoms with Gasteiger partial charge in [-0.05, 0) is 34.9 Å². The summed E-state index contributed by atoms with van der Waals surface area (Å²) in [5.41, 5.74) is 3.21. The summed E-state index contributed by atoms with van der Waals surface area (Å²) in [4.78, 5) is 13.7. The van der Waals surface area contributed by atoms with Crippen molar-refractivity contribution < 1.29 is 13.9 Å². The molecule has 4 nitrogen and oxygen atoms in total. The highest BCUT2D eigenvalue weighted by molar-refractivity contribution is 5.98. The first-order valence-electron chi connectivity index (χ1n) is 7.17. The fourth-order valence-corrected chi connectivity index (χ4v) is 2.97. The van der Waals surface area contributed by atoms with Crippen molar-refractivity contribution in [3.8, 4) is 6.07 Å². The lowest BCUT2D eigenvalue weighted by Crippen LogP contribution is -2.29. The van der Waals surface area contributed by atoms with Gasteiger partial charge in [-0.2, -0.15) is 5.26 Å². The summed E-state index contributed by atoms with van der Waals surface area (Å²) >= 11 is 0. The van der Waals surface area contributed by atoms with E-state index in [0.717, 1.165) is 11.1 Å². The first kappa shape index (κ1) is 15.2. The van der Waals surface area contributed by atoms with Crippen LogP contribution in [0.4, 0.5) is 4.39 Å². The summed E-state index contributed by atoms with van der Waals surface area (Å²) in [6, 6.07) is 8.28. The van der Waals surface area contributed by atoms with E-state index in [0.29, 0.717) is 16.8 Å². The maximum absolute atomic E-state index is 13.6. The zero-order valence-corrected chi connectivity index (χ0v) is 12.8. The van der Waals surface area contributed by atoms with Gasteiger partial charge in [0.05, 0.1) is 0 Å². The molecule has 0 radical (unpaired) electrons. The molecule has 0 aromatic heterocycles. The van der Waals surface area contributed by atoms with E-state index in [1.54, 1.807) is 36.4 Å². The number of nitrogens with zero attached hydrogens (tertiary/aromatic N) is 2. The zero-order chi connectivity index (χ0) is 16.6. The van der Waals surface area contributed by atoms with E-state index in [-0.39, 0.29) is 18.0 Å². The number of Topliss-reactive ketones (excluding diaryl/α,β-unsaturated/α-hetero) is 1. The fraction of sp³-hybridized carbons (Fsp3) is 0.222. The van der Waals surface area contributed by atoms with Crippen molar-refractivity contribution in [3.05, 3.63) is 64.8 Å². The van der Waals surface area contributed by atoms with Gasteiger partial charge in [0, 0.05) is 32.4 Å². The van der Waals surface area contributed by atoms with Crippen molar-refractivity contribution in [1.29, 1.82) is 5.26 Å². The number of carbonyl (C=O) groups excluding carboxylic acids is 1. The molecule has 2 aliphatic rings. The van der Waals surface area contributed by atoms with Crippen molar-refractivity contribution in [2.45, 2.75) is 12.5 Å². The highest BCUT2D eigenvalue weighted by atomic mass is 19.1. The van der Waals surface area contributed by atoms with Gasteiger partial charge in [0.15, 0.2) is 5.78 Å². The van der Waals surface area contributed by atoms with Crippen LogP contribution in [0, 0.1) is 17.1 Å². The van der Waals surface area contributed by atoms with E-state index < -0.39 is 6.10 Å². The monoisotopic (exact) mass is 310 g/mol. The lowest BCUT2D eigenvalue weighted by atomic mass is 9.81. The molecule has 0 fully saturated rings. The second-order valence-electron chi connectivity index (χ2n) is 5.49. The van der Waals surface area contributed by atoms with Crippen LogP contribution in [0.1, 0.15) is 12.0 Å². The van der Waals surface area contributed by atoms with Crippen LogP contribution in [0.15, 0.2) is 53.4 Å². The van der Waals surface area contributed by atoms with Crippen LogP contribution >= 0.6 is 0 Å². The molecule has 1 aliphatic carbocycles. The summed E-state index contributed by atoms with van der Waals surface area (Å²) < 4.78 is 18.9. The summed E-state index contributed by atoms with van der Waals surface area (Å²) in [6.07, 6.45) is 3.07. The molecule has 0 N–H and O–H groups in total. The van der Waals surface area contributed by atoms with Gasteiger partial charge < -0.3 is 9.64 Å². The molecule has 1 aliphatic heterocycles. The number of nitriles is 1. The van der Waals surface area contributed by atoms with Crippen LogP contribution in [0.25, 0.3) is 5.57 Å². The quantitative estimate of drug-likeness (QED) is 0.843. The van der Waals surface area contributed by atoms with E-state index in [1.165, 1.54) is 19.2 Å². The van der Waals surface area contributed by atoms with Gasteiger partial charge in [0.1, 0.15) is 23.7 Å². The number of benzene rings is 1. The third-order valence-electron chi connectivity index (χ3n) is 4.03. The van der Waals surface area contributed by atoms with Crippen molar-refractivity contribution in [2.75, 3.05) is 14.2 Å². The second-order valence-corrected chi connectivity index (χ2v) is 5.49. The van der Waals surface area contributed by atoms with Crippen LogP contribution in [0.5, 0.6) is 0 Å². The molecule has 0 saturated carbocycles. The van der Waals surface area contributed by atoms with Gasteiger partial charge in [-0.1, -0.05) is 12.1 Å². The Kier molecular flexibility index (Phi) is 3.85. The SMILES string of the molecule is COC1C=C2C(=CN(C)C(C#N)=C2c2cccc(F)c2)CC1=O. The van der Waals surface area contributed by atoms with Crippen molar-refractivity contribution in [2.24, 2.45) is 0 Å². The van der Waals surface area contributed by atoms with E-state index in [9.17, 15) is 14.4 Å². The van der Waals surface area contributed by atoms with Gasteiger partial charge in [-0.25, -0.2) is 4.39 Å². The van der Waals surface area contributed by atoms with E-state index in [2.05, 4.69) is 6.07 Å². The van der Waals surface area contributed by atoms with Crippen molar-refractivity contribution >= 4 is 11.4 Å². The number of rotatable bonds is 2. The number of ether oxygens (including phenoxy) is 1. The van der Waals surface area contributed by atoms with Crippen LogP contribution in [-0.2, 0) is 9.53 Å². The minimum Gasteiger partial charge on any atom is -0.370 e. The third-order valence-corrected chi connectivity index (χ3v) is 4.03. The summed E-state index contributed by atoms with van der Waals surface area (Å²) in [7, 11) is 3.22. The number of methoxy groups -OCH3 is 1. The van der Waals surface area contributed by atoms with Crippen LogP contribution in [0.2, 0.25) is 0 Å². The Morgan fingerprint density at radius 1 is 1.43 bits per heavy atom. The van der Waals surface area contributed by atoms with Gasteiger partial charge >= 0.3 is 0 Å². The summed E-state index contributed by atoms with van der Waals surface area (Å²) in [5, 5.41) is 9.53. The number of allylic oxidation sites excluding steroid dienone is 4. The molecular weight excluding hydrogens is 295 g/mol. The Balaban J connectivity index is 2.24. The van der Waals surface area contributed by atoms with E-state index in [1.807, 2.05) is 0 Å². The first-order chi connectivity index (χ1) is 11.0. The molecule has 1 unspecified atom stereocenters. The van der Waals surface area contributed by atoms with Crippen LogP contribution in [0.3, 0.4) is 0 Å². The van der Waals surface area contributed by atoms with Crippen molar-refractivity contribution in [1.82, 2.24) is 4.90 Å². The van der Waals surface area contributed by atoms with Gasteiger partial charge in [0.25, 0.3) is 0 Å². The molecule has 0 amide bonds. The largest absolute Gasteiger partial charge is 0.370 e. The highest BCUT2D eigenvalue weighted by Gasteiger charge is 2.32. The number of carbonyl (C=O) groups is 1. The molecule has 5 heteroatoms. The molecule has 0 spiro atoms. The van der Waals surface area contributed by atoms with Gasteiger partial charge in [-0.15, -0.1) is 0 Å². The Bertz CT molecular complexity index is 815. The molecule has 1 aromatic rings. The first-order valence-corrected chi connectivity index (χ1v) is 7.17. The van der Waals surface area contributed by atoms with E-state index >= 15 is 0 Å². The second kappa shape index (κ2) is 5.82. The smallest absolute Gasteiger partial charge is 0.169 e. The normalized spacial score (nSPS) is 20.7. The average molecular weight is 310 g/mol. The molecule has 116 valence electrons. The van der Waals surface area contributed by atoms with Gasteiger partial charge in [0.2, 0.25) is 0 Å². The molecule has 0 saturated heterocycles. The van der Waals surface area contributed by atoms with Crippen LogP contribution < -0.4 is 0 Å². The Morgan fingerprint density at radius 3 is 2.87 bits per heavy atom. The third kappa shape index (κ3) is 2.58. The Labute approximate surface area is 133 Å². The maximum atomic E-state index is 13.6. The minimum atomic E-state index is -0.644. The minimum absolute atomic E-state index is 0.0325. The molecule has 1 atom stereocenters. The van der Waals surface area contributed by atoms with Crippen LogP contribution in [-0.4, -0.2) is 30.9 Å². The van der Waals surface area contributed by atoms with Gasteiger partial charge in [-0.3, -0.25) is 4.79 Å². The highest BCUT2D eigenvalue weighted by Crippen LogP contribution is 2.40. The maximum Gasteiger partial charge on any atom is 0.169 e. The average Bonchev–Trinajstić information content (AvgIpc) is 2.53. The fourth-order valence-electron chi connectivity index (χ4n) is 2.97. The summed E-state index contributed by atoms with van der Waals surface area (Å²) in [6.45, 7) is 0. The number of hydrogen-bond acceptors (Lipinski definition) is 4. The number of fused-ring (bicyclic) bond motifs is 1. The number of hydrogen-bond donors (Lipinski definition) is 0. The Morgan fingerprint density at radius 2 is 2.22 bits per heavy atom. The lowest BCUT2D eigenvalue weighted by Gasteiger charge is -2.31. The lowest BCUT2D eigenvalue weighted by molar-refractivity contribution is -0.125. The topological polar surface area (TPSA) is 53.3 Å².